The average molecular weight is 377 g/mol. The van der Waals surface area contributed by atoms with Gasteiger partial charge in [-0.25, -0.2) is 4.98 Å². The number of hydrogen-bond donors (Lipinski definition) is 1. The molecule has 132 valence electrons. The highest BCUT2D eigenvalue weighted by molar-refractivity contribution is 7.15. The first-order chi connectivity index (χ1) is 12.0. The number of carbonyl (C=O) groups is 1. The Kier molecular flexibility index (Phi) is 5.73. The number of amides is 1. The molecule has 0 unspecified atom stereocenters. The number of benzene rings is 1. The monoisotopic (exact) mass is 376 g/mol. The molecule has 0 aliphatic rings. The Bertz CT molecular complexity index is 854. The van der Waals surface area contributed by atoms with Crippen LogP contribution in [0.25, 0.3) is 16.2 Å². The molecule has 0 fully saturated rings. The Hall–Kier alpha value is -1.89. The van der Waals surface area contributed by atoms with Crippen molar-refractivity contribution in [3.05, 3.63) is 46.6 Å². The molecule has 3 aromatic rings. The first kappa shape index (κ1) is 17.9. The van der Waals surface area contributed by atoms with Crippen LogP contribution in [0.5, 0.6) is 0 Å². The smallest absolute Gasteiger partial charge is 0.225 e. The molecule has 3 rings (SSSR count). The number of nitrogens with one attached hydrogen (secondary N) is 1. The maximum atomic E-state index is 12.1. The SMILES string of the molecule is CN(C)CCCNC(=O)Cc1csc2nc(-c3ccc(Cl)cc3)cn12. The number of imidazole rings is 1. The standard InChI is InChI=1S/C18H21ClN4OS/c1-22(2)9-3-8-20-17(24)10-15-12-25-18-21-16(11-23(15)18)13-4-6-14(19)7-5-13/h4-7,11-12H,3,8-10H2,1-2H3,(H,20,24). The Balaban J connectivity index is 1.66. The minimum Gasteiger partial charge on any atom is -0.356 e. The van der Waals surface area contributed by atoms with E-state index in [4.69, 9.17) is 11.6 Å². The topological polar surface area (TPSA) is 49.6 Å². The lowest BCUT2D eigenvalue weighted by molar-refractivity contribution is -0.120. The fourth-order valence-electron chi connectivity index (χ4n) is 2.57. The second-order valence-electron chi connectivity index (χ2n) is 6.20. The fourth-order valence-corrected chi connectivity index (χ4v) is 3.57. The molecule has 0 atom stereocenters. The van der Waals surface area contributed by atoms with E-state index in [0.29, 0.717) is 18.0 Å². The van der Waals surface area contributed by atoms with Crippen LogP contribution < -0.4 is 5.32 Å². The lowest BCUT2D eigenvalue weighted by atomic mass is 10.2. The van der Waals surface area contributed by atoms with Crippen molar-refractivity contribution in [1.82, 2.24) is 19.6 Å². The van der Waals surface area contributed by atoms with E-state index in [1.165, 1.54) is 0 Å². The van der Waals surface area contributed by atoms with Crippen molar-refractivity contribution in [2.75, 3.05) is 27.2 Å². The summed E-state index contributed by atoms with van der Waals surface area (Å²) in [6.45, 7) is 1.67. The van der Waals surface area contributed by atoms with Crippen molar-refractivity contribution in [2.24, 2.45) is 0 Å². The summed E-state index contributed by atoms with van der Waals surface area (Å²) in [5.41, 5.74) is 2.85. The molecule has 1 N–H and O–H groups in total. The Morgan fingerprint density at radius 2 is 2.08 bits per heavy atom. The number of nitrogens with zero attached hydrogens (tertiary/aromatic N) is 3. The highest BCUT2D eigenvalue weighted by Gasteiger charge is 2.12. The van der Waals surface area contributed by atoms with Gasteiger partial charge in [0.15, 0.2) is 4.96 Å². The second kappa shape index (κ2) is 7.99. The lowest BCUT2D eigenvalue weighted by Crippen LogP contribution is -2.28. The van der Waals surface area contributed by atoms with Gasteiger partial charge >= 0.3 is 0 Å². The number of thiazole rings is 1. The van der Waals surface area contributed by atoms with Crippen molar-refractivity contribution in [3.63, 3.8) is 0 Å². The molecule has 1 aromatic carbocycles. The highest BCUT2D eigenvalue weighted by atomic mass is 35.5. The van der Waals surface area contributed by atoms with Gasteiger partial charge in [-0.1, -0.05) is 23.7 Å². The van der Waals surface area contributed by atoms with Crippen LogP contribution in [-0.4, -0.2) is 47.4 Å². The van der Waals surface area contributed by atoms with Gasteiger partial charge in [0.05, 0.1) is 12.1 Å². The molecule has 25 heavy (non-hydrogen) atoms. The molecule has 1 amide bonds. The zero-order valence-electron chi connectivity index (χ0n) is 14.3. The number of fused-ring (bicyclic) bond motifs is 1. The van der Waals surface area contributed by atoms with Crippen molar-refractivity contribution in [2.45, 2.75) is 12.8 Å². The molecule has 0 spiro atoms. The number of halogens is 1. The van der Waals surface area contributed by atoms with Gasteiger partial charge < -0.3 is 10.2 Å². The van der Waals surface area contributed by atoms with E-state index in [1.807, 2.05) is 54.3 Å². The average Bonchev–Trinajstić information content (AvgIpc) is 3.14. The van der Waals surface area contributed by atoms with Gasteiger partial charge in [0.1, 0.15) is 0 Å². The van der Waals surface area contributed by atoms with Crippen LogP contribution in [0, 0.1) is 0 Å². The van der Waals surface area contributed by atoms with Crippen LogP contribution in [0.1, 0.15) is 12.1 Å². The zero-order chi connectivity index (χ0) is 17.8. The van der Waals surface area contributed by atoms with Gasteiger partial charge in [-0.3, -0.25) is 9.20 Å². The summed E-state index contributed by atoms with van der Waals surface area (Å²) in [5, 5.41) is 5.67. The molecular formula is C18H21ClN4OS. The number of hydrogen-bond acceptors (Lipinski definition) is 4. The van der Waals surface area contributed by atoms with E-state index in [2.05, 4.69) is 15.2 Å². The normalized spacial score (nSPS) is 11.4. The first-order valence-corrected chi connectivity index (χ1v) is 9.41. The van der Waals surface area contributed by atoms with E-state index >= 15 is 0 Å². The van der Waals surface area contributed by atoms with E-state index in [0.717, 1.165) is 34.9 Å². The van der Waals surface area contributed by atoms with Gasteiger partial charge in [-0.05, 0) is 39.2 Å². The minimum absolute atomic E-state index is 0.0419. The molecule has 0 bridgehead atoms. The predicted molar refractivity (Wildman–Crippen MR) is 103 cm³/mol. The molecule has 0 saturated heterocycles. The van der Waals surface area contributed by atoms with Crippen molar-refractivity contribution < 1.29 is 4.79 Å². The number of rotatable bonds is 7. The zero-order valence-corrected chi connectivity index (χ0v) is 15.9. The van der Waals surface area contributed by atoms with Gasteiger partial charge in [0.2, 0.25) is 5.91 Å². The minimum atomic E-state index is 0.0419. The third-order valence-electron chi connectivity index (χ3n) is 3.87. The molecular weight excluding hydrogens is 356 g/mol. The summed E-state index contributed by atoms with van der Waals surface area (Å²) >= 11 is 7.48. The summed E-state index contributed by atoms with van der Waals surface area (Å²) in [6, 6.07) is 7.61. The molecule has 7 heteroatoms. The summed E-state index contributed by atoms with van der Waals surface area (Å²) in [6.07, 6.45) is 3.28. The van der Waals surface area contributed by atoms with E-state index < -0.39 is 0 Å². The van der Waals surface area contributed by atoms with Crippen molar-refractivity contribution in [1.29, 1.82) is 0 Å². The summed E-state index contributed by atoms with van der Waals surface area (Å²) in [5.74, 6) is 0.0419. The summed E-state index contributed by atoms with van der Waals surface area (Å²) in [7, 11) is 4.06. The number of carbonyl (C=O) groups excluding carboxylic acids is 1. The molecule has 2 heterocycles. The molecule has 0 radical (unpaired) electrons. The summed E-state index contributed by atoms with van der Waals surface area (Å²) < 4.78 is 1.99. The molecule has 0 saturated carbocycles. The molecule has 0 aliphatic heterocycles. The largest absolute Gasteiger partial charge is 0.356 e. The van der Waals surface area contributed by atoms with Crippen LogP contribution in [0.2, 0.25) is 5.02 Å². The predicted octanol–water partition coefficient (Wildman–Crippen LogP) is 3.33. The van der Waals surface area contributed by atoms with Gasteiger partial charge in [-0.15, -0.1) is 11.3 Å². The van der Waals surface area contributed by atoms with Gasteiger partial charge in [0.25, 0.3) is 0 Å². The lowest BCUT2D eigenvalue weighted by Gasteiger charge is -2.09. The van der Waals surface area contributed by atoms with Crippen LogP contribution >= 0.6 is 22.9 Å². The van der Waals surface area contributed by atoms with E-state index in [9.17, 15) is 4.79 Å². The van der Waals surface area contributed by atoms with E-state index in [1.54, 1.807) is 11.3 Å². The fraction of sp³-hybridized carbons (Fsp3) is 0.333. The van der Waals surface area contributed by atoms with Crippen LogP contribution in [0.15, 0.2) is 35.8 Å². The third-order valence-corrected chi connectivity index (χ3v) is 5.01. The summed E-state index contributed by atoms with van der Waals surface area (Å²) in [4.78, 5) is 19.8. The third kappa shape index (κ3) is 4.60. The maximum absolute atomic E-state index is 12.1. The number of aromatic nitrogens is 2. The van der Waals surface area contributed by atoms with Crippen molar-refractivity contribution >= 4 is 33.8 Å². The Morgan fingerprint density at radius 3 is 2.80 bits per heavy atom. The Labute approximate surface area is 156 Å². The first-order valence-electron chi connectivity index (χ1n) is 8.16. The second-order valence-corrected chi connectivity index (χ2v) is 7.47. The maximum Gasteiger partial charge on any atom is 0.225 e. The van der Waals surface area contributed by atoms with Gasteiger partial charge in [0, 0.05) is 34.4 Å². The quantitative estimate of drug-likeness (QED) is 0.643. The van der Waals surface area contributed by atoms with Crippen LogP contribution in [0.4, 0.5) is 0 Å². The van der Waals surface area contributed by atoms with E-state index in [-0.39, 0.29) is 5.91 Å². The van der Waals surface area contributed by atoms with Gasteiger partial charge in [-0.2, -0.15) is 0 Å². The molecule has 0 aliphatic carbocycles. The highest BCUT2D eigenvalue weighted by Crippen LogP contribution is 2.25. The molecule has 2 aromatic heterocycles. The van der Waals surface area contributed by atoms with Crippen molar-refractivity contribution in [3.8, 4) is 11.3 Å². The van der Waals surface area contributed by atoms with Crippen LogP contribution in [0.3, 0.4) is 0 Å². The molecule has 5 nitrogen and oxygen atoms in total. The Morgan fingerprint density at radius 1 is 1.32 bits per heavy atom. The van der Waals surface area contributed by atoms with Crippen LogP contribution in [-0.2, 0) is 11.2 Å².